The van der Waals surface area contributed by atoms with E-state index in [0.717, 1.165) is 17.9 Å². The molecule has 2 N–H and O–H groups in total. The summed E-state index contributed by atoms with van der Waals surface area (Å²) in [6.07, 6.45) is 0.972. The highest BCUT2D eigenvalue weighted by molar-refractivity contribution is 8.00. The number of para-hydroxylation sites is 1. The van der Waals surface area contributed by atoms with E-state index in [1.54, 1.807) is 0 Å². The van der Waals surface area contributed by atoms with Crippen molar-refractivity contribution in [3.8, 4) is 0 Å². The van der Waals surface area contributed by atoms with E-state index in [1.165, 1.54) is 0 Å². The van der Waals surface area contributed by atoms with Gasteiger partial charge in [0.25, 0.3) is 0 Å². The fraction of sp³-hybridized carbons (Fsp3) is 0.500. The lowest BCUT2D eigenvalue weighted by molar-refractivity contribution is 0.223. The first-order valence-electron chi connectivity index (χ1n) is 5.40. The van der Waals surface area contributed by atoms with Crippen molar-refractivity contribution in [2.24, 2.45) is 0 Å². The number of hydrogen-bond donors (Lipinski definition) is 2. The molecule has 0 bridgehead atoms. The average molecular weight is 258 g/mol. The molecule has 1 aliphatic rings. The minimum atomic E-state index is -0.213. The number of rotatable bonds is 3. The van der Waals surface area contributed by atoms with Crippen molar-refractivity contribution in [1.82, 2.24) is 0 Å². The van der Waals surface area contributed by atoms with E-state index in [2.05, 4.69) is 12.2 Å². The Labute approximate surface area is 105 Å². The first kappa shape index (κ1) is 12.1. The van der Waals surface area contributed by atoms with Crippen LogP contribution in [0.5, 0.6) is 0 Å². The first-order valence-corrected chi connectivity index (χ1v) is 6.83. The van der Waals surface area contributed by atoms with Crippen molar-refractivity contribution in [3.63, 3.8) is 0 Å². The molecule has 2 unspecified atom stereocenters. The Morgan fingerprint density at radius 2 is 2.31 bits per heavy atom. The van der Waals surface area contributed by atoms with Gasteiger partial charge in [-0.15, -0.1) is 0 Å². The van der Waals surface area contributed by atoms with E-state index >= 15 is 0 Å². The molecule has 1 aromatic carbocycles. The van der Waals surface area contributed by atoms with Crippen molar-refractivity contribution >= 4 is 29.1 Å². The summed E-state index contributed by atoms with van der Waals surface area (Å²) in [6, 6.07) is 7.67. The quantitative estimate of drug-likeness (QED) is 0.873. The number of halogens is 1. The Balaban J connectivity index is 2.16. The topological polar surface area (TPSA) is 32.3 Å². The number of anilines is 1. The van der Waals surface area contributed by atoms with Gasteiger partial charge in [-0.1, -0.05) is 30.7 Å². The van der Waals surface area contributed by atoms with E-state index < -0.39 is 0 Å². The van der Waals surface area contributed by atoms with E-state index in [4.69, 9.17) is 11.6 Å². The predicted octanol–water partition coefficient (Wildman–Crippen LogP) is 3.01. The molecule has 1 heterocycles. The van der Waals surface area contributed by atoms with Crippen LogP contribution >= 0.6 is 23.4 Å². The van der Waals surface area contributed by atoms with Gasteiger partial charge in [0.15, 0.2) is 0 Å². The van der Waals surface area contributed by atoms with Crippen LogP contribution in [-0.2, 0) is 0 Å². The molecule has 0 spiro atoms. The minimum absolute atomic E-state index is 0.148. The molecular weight excluding hydrogens is 242 g/mol. The largest absolute Gasteiger partial charge is 0.394 e. The van der Waals surface area contributed by atoms with Gasteiger partial charge in [0.2, 0.25) is 0 Å². The Morgan fingerprint density at radius 1 is 1.56 bits per heavy atom. The molecule has 1 saturated heterocycles. The standard InChI is InChI=1S/C12H16ClNOS/c1-9-6-12(7-15,8-16-9)14-11-5-3-2-4-10(11)13/h2-5,9,14-15H,6-8H2,1H3. The Morgan fingerprint density at radius 3 is 2.88 bits per heavy atom. The normalized spacial score (nSPS) is 29.3. The number of nitrogens with one attached hydrogen (secondary N) is 1. The zero-order valence-electron chi connectivity index (χ0n) is 9.24. The molecule has 0 radical (unpaired) electrons. The van der Waals surface area contributed by atoms with Crippen LogP contribution in [0.15, 0.2) is 24.3 Å². The third-order valence-electron chi connectivity index (χ3n) is 2.90. The Bertz CT molecular complexity index is 374. The van der Waals surface area contributed by atoms with E-state index in [1.807, 2.05) is 36.0 Å². The summed E-state index contributed by atoms with van der Waals surface area (Å²) in [5, 5.41) is 14.3. The summed E-state index contributed by atoms with van der Waals surface area (Å²) < 4.78 is 0. The van der Waals surface area contributed by atoms with Gasteiger partial charge < -0.3 is 10.4 Å². The van der Waals surface area contributed by atoms with Gasteiger partial charge >= 0.3 is 0 Å². The molecule has 2 nitrogen and oxygen atoms in total. The molecule has 2 rings (SSSR count). The number of hydrogen-bond acceptors (Lipinski definition) is 3. The van der Waals surface area contributed by atoms with Gasteiger partial charge in [-0.05, 0) is 18.6 Å². The van der Waals surface area contributed by atoms with Gasteiger partial charge in [-0.25, -0.2) is 0 Å². The van der Waals surface area contributed by atoms with Crippen LogP contribution in [0.3, 0.4) is 0 Å². The molecule has 4 heteroatoms. The second-order valence-electron chi connectivity index (χ2n) is 4.37. The van der Waals surface area contributed by atoms with Crippen LogP contribution in [0, 0.1) is 0 Å². The molecule has 0 saturated carbocycles. The van der Waals surface area contributed by atoms with Gasteiger partial charge in [-0.2, -0.15) is 11.8 Å². The molecule has 16 heavy (non-hydrogen) atoms. The Kier molecular flexibility index (Phi) is 3.67. The molecule has 1 aliphatic heterocycles. The van der Waals surface area contributed by atoms with E-state index in [0.29, 0.717) is 10.3 Å². The summed E-state index contributed by atoms with van der Waals surface area (Å²) in [4.78, 5) is 0. The molecule has 0 amide bonds. The van der Waals surface area contributed by atoms with Crippen LogP contribution in [0.4, 0.5) is 5.69 Å². The second-order valence-corrected chi connectivity index (χ2v) is 6.20. The van der Waals surface area contributed by atoms with Gasteiger partial charge in [0.05, 0.1) is 22.9 Å². The third kappa shape index (κ3) is 2.47. The van der Waals surface area contributed by atoms with Crippen LogP contribution in [0.1, 0.15) is 13.3 Å². The lowest BCUT2D eigenvalue weighted by Gasteiger charge is -2.29. The molecule has 0 aliphatic carbocycles. The van der Waals surface area contributed by atoms with Crippen LogP contribution in [-0.4, -0.2) is 28.3 Å². The maximum absolute atomic E-state index is 9.57. The summed E-state index contributed by atoms with van der Waals surface area (Å²) in [5.41, 5.74) is 0.697. The highest BCUT2D eigenvalue weighted by atomic mass is 35.5. The maximum Gasteiger partial charge on any atom is 0.0704 e. The Hall–Kier alpha value is -0.380. The zero-order chi connectivity index (χ0) is 11.6. The van der Waals surface area contributed by atoms with E-state index in [-0.39, 0.29) is 12.1 Å². The SMILES string of the molecule is CC1CC(CO)(Nc2ccccc2Cl)CS1. The minimum Gasteiger partial charge on any atom is -0.394 e. The molecule has 2 atom stereocenters. The lowest BCUT2D eigenvalue weighted by atomic mass is 9.97. The smallest absolute Gasteiger partial charge is 0.0704 e. The molecule has 1 aromatic rings. The second kappa shape index (κ2) is 4.86. The number of aliphatic hydroxyl groups excluding tert-OH is 1. The fourth-order valence-corrected chi connectivity index (χ4v) is 3.56. The van der Waals surface area contributed by atoms with Gasteiger partial charge in [0, 0.05) is 11.0 Å². The highest BCUT2D eigenvalue weighted by Gasteiger charge is 2.37. The molecule has 0 aromatic heterocycles. The van der Waals surface area contributed by atoms with Crippen LogP contribution < -0.4 is 5.32 Å². The predicted molar refractivity (Wildman–Crippen MR) is 71.4 cm³/mol. The molecule has 88 valence electrons. The van der Waals surface area contributed by atoms with Crippen molar-refractivity contribution in [2.75, 3.05) is 17.7 Å². The zero-order valence-corrected chi connectivity index (χ0v) is 10.8. The monoisotopic (exact) mass is 257 g/mol. The summed E-state index contributed by atoms with van der Waals surface area (Å²) in [7, 11) is 0. The fourth-order valence-electron chi connectivity index (χ4n) is 2.05. The van der Waals surface area contributed by atoms with Crippen molar-refractivity contribution in [1.29, 1.82) is 0 Å². The van der Waals surface area contributed by atoms with Crippen molar-refractivity contribution in [2.45, 2.75) is 24.1 Å². The van der Waals surface area contributed by atoms with Crippen molar-refractivity contribution in [3.05, 3.63) is 29.3 Å². The number of aliphatic hydroxyl groups is 1. The summed E-state index contributed by atoms with van der Waals surface area (Å²) >= 11 is 8.00. The van der Waals surface area contributed by atoms with Crippen LogP contribution in [0.2, 0.25) is 5.02 Å². The number of benzene rings is 1. The van der Waals surface area contributed by atoms with E-state index in [9.17, 15) is 5.11 Å². The number of thioether (sulfide) groups is 1. The maximum atomic E-state index is 9.57. The van der Waals surface area contributed by atoms with Crippen LogP contribution in [0.25, 0.3) is 0 Å². The summed E-state index contributed by atoms with van der Waals surface area (Å²) in [5.74, 6) is 0.926. The highest BCUT2D eigenvalue weighted by Crippen LogP contribution is 2.37. The van der Waals surface area contributed by atoms with Crippen molar-refractivity contribution < 1.29 is 5.11 Å². The molecule has 1 fully saturated rings. The molecular formula is C12H16ClNOS. The van der Waals surface area contributed by atoms with Gasteiger partial charge in [0.1, 0.15) is 0 Å². The lowest BCUT2D eigenvalue weighted by Crippen LogP contribution is -2.42. The average Bonchev–Trinajstić information content (AvgIpc) is 2.65. The summed E-state index contributed by atoms with van der Waals surface area (Å²) in [6.45, 7) is 2.34. The third-order valence-corrected chi connectivity index (χ3v) is 4.68. The first-order chi connectivity index (χ1) is 7.65. The van der Waals surface area contributed by atoms with Gasteiger partial charge in [-0.3, -0.25) is 0 Å².